The highest BCUT2D eigenvalue weighted by Gasteiger charge is 2.14. The Bertz CT molecular complexity index is 593. The first-order valence-corrected chi connectivity index (χ1v) is 7.53. The summed E-state index contributed by atoms with van der Waals surface area (Å²) in [5, 5.41) is 7.07. The van der Waals surface area contributed by atoms with Crippen LogP contribution in [0.4, 0.5) is 5.95 Å². The van der Waals surface area contributed by atoms with E-state index in [-0.39, 0.29) is 5.56 Å². The average molecular weight is 281 g/mol. The molecule has 0 saturated heterocycles. The third-order valence-electron chi connectivity index (χ3n) is 3.19. The zero-order valence-corrected chi connectivity index (χ0v) is 12.3. The van der Waals surface area contributed by atoms with E-state index in [0.29, 0.717) is 23.0 Å². The first-order chi connectivity index (χ1) is 9.13. The van der Waals surface area contributed by atoms with Crippen LogP contribution in [0.1, 0.15) is 20.3 Å². The summed E-state index contributed by atoms with van der Waals surface area (Å²) in [6.45, 7) is 4.29. The van der Waals surface area contributed by atoms with Crippen molar-refractivity contribution in [1.29, 1.82) is 0 Å². The second-order valence-electron chi connectivity index (χ2n) is 4.47. The maximum absolute atomic E-state index is 11.9. The topological polar surface area (TPSA) is 77.7 Å². The Labute approximate surface area is 116 Å². The first-order valence-electron chi connectivity index (χ1n) is 6.37. The van der Waals surface area contributed by atoms with Crippen molar-refractivity contribution in [1.82, 2.24) is 20.2 Å². The van der Waals surface area contributed by atoms with Gasteiger partial charge in [0.05, 0.1) is 6.20 Å². The maximum Gasteiger partial charge on any atom is 0.263 e. The molecule has 2 N–H and O–H groups in total. The summed E-state index contributed by atoms with van der Waals surface area (Å²) in [6, 6.07) is 0.322. The number of nitrogens with one attached hydrogen (secondary N) is 2. The fourth-order valence-electron chi connectivity index (χ4n) is 1.80. The number of thioether (sulfide) groups is 1. The summed E-state index contributed by atoms with van der Waals surface area (Å²) in [4.78, 5) is 21.1. The highest BCUT2D eigenvalue weighted by molar-refractivity contribution is 7.99. The smallest absolute Gasteiger partial charge is 0.263 e. The summed E-state index contributed by atoms with van der Waals surface area (Å²) in [6.07, 6.45) is 2.55. The number of nitrogens with zero attached hydrogens (tertiary/aromatic N) is 3. The van der Waals surface area contributed by atoms with Crippen LogP contribution in [-0.2, 0) is 0 Å². The van der Waals surface area contributed by atoms with E-state index in [1.807, 2.05) is 23.7 Å². The van der Waals surface area contributed by atoms with Gasteiger partial charge >= 0.3 is 0 Å². The zero-order chi connectivity index (χ0) is 13.8. The number of fused-ring (bicyclic) bond motifs is 1. The predicted molar refractivity (Wildman–Crippen MR) is 80.0 cm³/mol. The van der Waals surface area contributed by atoms with Crippen LogP contribution in [0.3, 0.4) is 0 Å². The van der Waals surface area contributed by atoms with Crippen molar-refractivity contribution in [3.05, 3.63) is 16.6 Å². The van der Waals surface area contributed by atoms with Crippen molar-refractivity contribution >= 4 is 28.7 Å². The van der Waals surface area contributed by atoms with E-state index in [4.69, 9.17) is 0 Å². The van der Waals surface area contributed by atoms with Crippen LogP contribution in [0.2, 0.25) is 0 Å². The van der Waals surface area contributed by atoms with Crippen molar-refractivity contribution in [2.75, 3.05) is 23.5 Å². The fraction of sp³-hybridized carbons (Fsp3) is 0.583. The van der Waals surface area contributed by atoms with Crippen molar-refractivity contribution in [3.63, 3.8) is 0 Å². The number of aromatic amines is 2. The molecular formula is C12H19N5OS. The van der Waals surface area contributed by atoms with Gasteiger partial charge in [-0.05, 0) is 24.9 Å². The van der Waals surface area contributed by atoms with Gasteiger partial charge in [0.2, 0.25) is 5.95 Å². The molecule has 2 aromatic heterocycles. The maximum atomic E-state index is 11.9. The van der Waals surface area contributed by atoms with Crippen molar-refractivity contribution in [3.8, 4) is 0 Å². The van der Waals surface area contributed by atoms with Gasteiger partial charge in [-0.1, -0.05) is 6.92 Å². The van der Waals surface area contributed by atoms with Gasteiger partial charge in [-0.3, -0.25) is 14.9 Å². The molecule has 0 aromatic carbocycles. The molecule has 0 aliphatic heterocycles. The lowest BCUT2D eigenvalue weighted by Crippen LogP contribution is -2.32. The molecule has 0 amide bonds. The Hall–Kier alpha value is -1.50. The monoisotopic (exact) mass is 281 g/mol. The Morgan fingerprint density at radius 3 is 3.05 bits per heavy atom. The van der Waals surface area contributed by atoms with E-state index in [1.165, 1.54) is 6.20 Å². The highest BCUT2D eigenvalue weighted by Crippen LogP contribution is 2.14. The predicted octanol–water partition coefficient (Wildman–Crippen LogP) is 1.61. The van der Waals surface area contributed by atoms with Crippen LogP contribution in [0.25, 0.3) is 11.0 Å². The normalized spacial score (nSPS) is 12.8. The SMILES string of the molecule is CCSCC[C@H](C)N(C)c1nc2[nH]ncc2c(=O)[nH]1. The molecule has 0 saturated carbocycles. The minimum atomic E-state index is -0.157. The van der Waals surface area contributed by atoms with Crippen molar-refractivity contribution in [2.45, 2.75) is 26.3 Å². The molecule has 0 unspecified atom stereocenters. The van der Waals surface area contributed by atoms with Gasteiger partial charge in [0.25, 0.3) is 5.56 Å². The molecule has 2 heterocycles. The van der Waals surface area contributed by atoms with Crippen LogP contribution in [0.15, 0.2) is 11.0 Å². The molecule has 6 nitrogen and oxygen atoms in total. The summed E-state index contributed by atoms with van der Waals surface area (Å²) in [5.74, 6) is 2.82. The van der Waals surface area contributed by atoms with Gasteiger partial charge in [-0.25, -0.2) is 0 Å². The minimum absolute atomic E-state index is 0.157. The lowest BCUT2D eigenvalue weighted by atomic mass is 10.2. The Morgan fingerprint density at radius 2 is 2.32 bits per heavy atom. The molecule has 2 aromatic rings. The second kappa shape index (κ2) is 6.10. The fourth-order valence-corrected chi connectivity index (χ4v) is 2.60. The summed E-state index contributed by atoms with van der Waals surface area (Å²) in [7, 11) is 1.95. The third-order valence-corrected chi connectivity index (χ3v) is 4.12. The standard InChI is InChI=1S/C12H19N5OS/c1-4-19-6-5-8(2)17(3)12-14-10-9(7-13-16-10)11(18)15-12/h7-8H,4-6H2,1-3H3,(H2,13,14,15,16,18)/t8-/m0/s1. The van der Waals surface area contributed by atoms with Crippen LogP contribution < -0.4 is 10.5 Å². The molecule has 0 aliphatic carbocycles. The molecule has 7 heteroatoms. The Balaban J connectivity index is 2.16. The summed E-state index contributed by atoms with van der Waals surface area (Å²) in [5.41, 5.74) is 0.372. The Morgan fingerprint density at radius 1 is 1.53 bits per heavy atom. The van der Waals surface area contributed by atoms with Crippen LogP contribution >= 0.6 is 11.8 Å². The van der Waals surface area contributed by atoms with E-state index < -0.39 is 0 Å². The molecule has 104 valence electrons. The van der Waals surface area contributed by atoms with Gasteiger partial charge in [0.15, 0.2) is 5.65 Å². The van der Waals surface area contributed by atoms with E-state index in [2.05, 4.69) is 34.0 Å². The number of hydrogen-bond donors (Lipinski definition) is 2. The quantitative estimate of drug-likeness (QED) is 0.787. The second-order valence-corrected chi connectivity index (χ2v) is 5.86. The molecule has 2 rings (SSSR count). The van der Waals surface area contributed by atoms with E-state index in [9.17, 15) is 4.79 Å². The largest absolute Gasteiger partial charge is 0.343 e. The van der Waals surface area contributed by atoms with Crippen LogP contribution in [0, 0.1) is 0 Å². The lowest BCUT2D eigenvalue weighted by molar-refractivity contribution is 0.653. The molecule has 1 atom stereocenters. The first kappa shape index (κ1) is 13.9. The third kappa shape index (κ3) is 3.09. The molecule has 19 heavy (non-hydrogen) atoms. The number of aromatic nitrogens is 4. The summed E-state index contributed by atoms with van der Waals surface area (Å²) >= 11 is 1.92. The van der Waals surface area contributed by atoms with E-state index >= 15 is 0 Å². The van der Waals surface area contributed by atoms with Gasteiger partial charge in [0, 0.05) is 13.1 Å². The number of rotatable bonds is 6. The van der Waals surface area contributed by atoms with Gasteiger partial charge in [-0.15, -0.1) is 0 Å². The van der Waals surface area contributed by atoms with Crippen molar-refractivity contribution in [2.24, 2.45) is 0 Å². The van der Waals surface area contributed by atoms with Gasteiger partial charge in [0.1, 0.15) is 5.39 Å². The zero-order valence-electron chi connectivity index (χ0n) is 11.4. The minimum Gasteiger partial charge on any atom is -0.343 e. The number of hydrogen-bond acceptors (Lipinski definition) is 5. The average Bonchev–Trinajstić information content (AvgIpc) is 2.86. The summed E-state index contributed by atoms with van der Waals surface area (Å²) < 4.78 is 0. The lowest BCUT2D eigenvalue weighted by Gasteiger charge is -2.25. The van der Waals surface area contributed by atoms with Crippen molar-refractivity contribution < 1.29 is 0 Å². The molecule has 0 fully saturated rings. The Kier molecular flexibility index (Phi) is 4.47. The van der Waals surface area contributed by atoms with Crippen LogP contribution in [-0.4, -0.2) is 44.8 Å². The van der Waals surface area contributed by atoms with E-state index in [0.717, 1.165) is 17.9 Å². The highest BCUT2D eigenvalue weighted by atomic mass is 32.2. The van der Waals surface area contributed by atoms with Gasteiger partial charge in [-0.2, -0.15) is 21.8 Å². The number of H-pyrrole nitrogens is 2. The molecule has 0 aliphatic rings. The number of anilines is 1. The molecule has 0 spiro atoms. The molecule has 0 bridgehead atoms. The molecule has 0 radical (unpaired) electrons. The van der Waals surface area contributed by atoms with Gasteiger partial charge < -0.3 is 4.90 Å². The van der Waals surface area contributed by atoms with E-state index in [1.54, 1.807) is 0 Å². The molecular weight excluding hydrogens is 262 g/mol. The van der Waals surface area contributed by atoms with Crippen LogP contribution in [0.5, 0.6) is 0 Å².